The quantitative estimate of drug-likeness (QED) is 0.430. The maximum absolute atomic E-state index is 13.5. The molecule has 4 rings (SSSR count). The second kappa shape index (κ2) is 11.3. The van der Waals surface area contributed by atoms with E-state index in [1.807, 2.05) is 36.1 Å². The van der Waals surface area contributed by atoms with Crippen LogP contribution >= 0.6 is 0 Å². The summed E-state index contributed by atoms with van der Waals surface area (Å²) in [6.07, 6.45) is 5.62. The summed E-state index contributed by atoms with van der Waals surface area (Å²) in [5.41, 5.74) is 0.847. The number of ether oxygens (including phenoxy) is 1. The number of likely N-dealkylation sites (tertiary alicyclic amines) is 2. The van der Waals surface area contributed by atoms with Crippen molar-refractivity contribution < 1.29 is 23.5 Å². The zero-order valence-corrected chi connectivity index (χ0v) is 22.3. The van der Waals surface area contributed by atoms with Crippen molar-refractivity contribution >= 4 is 34.4 Å². The number of carbonyl (C=O) groups excluding carboxylic acids is 3. The molecule has 1 atom stereocenters. The molecule has 2 aromatic rings. The fourth-order valence-electron chi connectivity index (χ4n) is 4.79. The van der Waals surface area contributed by atoms with Crippen molar-refractivity contribution in [3.8, 4) is 0 Å². The van der Waals surface area contributed by atoms with E-state index in [4.69, 9.17) is 9.15 Å². The molecule has 2 fully saturated rings. The largest absolute Gasteiger partial charge is 0.461 e. The van der Waals surface area contributed by atoms with Crippen molar-refractivity contribution in [2.75, 3.05) is 31.5 Å². The molecule has 9 heteroatoms. The molecule has 0 aliphatic carbocycles. The van der Waals surface area contributed by atoms with Gasteiger partial charge in [-0.05, 0) is 84.1 Å². The molecule has 2 aliphatic rings. The lowest BCUT2D eigenvalue weighted by atomic mass is 10.1. The molecular weight excluding hydrogens is 472 g/mol. The Morgan fingerprint density at radius 2 is 1.84 bits per heavy atom. The van der Waals surface area contributed by atoms with Gasteiger partial charge in [0.1, 0.15) is 28.8 Å². The third kappa shape index (κ3) is 7.27. The van der Waals surface area contributed by atoms with Gasteiger partial charge in [-0.25, -0.2) is 4.79 Å². The maximum atomic E-state index is 13.5. The van der Waals surface area contributed by atoms with Crippen LogP contribution in [0.15, 0.2) is 40.6 Å². The summed E-state index contributed by atoms with van der Waals surface area (Å²) in [6, 6.07) is 7.00. The minimum atomic E-state index is -0.656. The van der Waals surface area contributed by atoms with Gasteiger partial charge in [-0.15, -0.1) is 0 Å². The first-order chi connectivity index (χ1) is 17.6. The molecule has 0 unspecified atom stereocenters. The van der Waals surface area contributed by atoms with E-state index in [0.717, 1.165) is 61.2 Å². The van der Waals surface area contributed by atoms with Gasteiger partial charge in [0.15, 0.2) is 0 Å². The van der Waals surface area contributed by atoms with Gasteiger partial charge in [-0.3, -0.25) is 9.59 Å². The third-order valence-corrected chi connectivity index (χ3v) is 6.48. The number of aryl methyl sites for hydroxylation is 1. The minimum Gasteiger partial charge on any atom is -0.461 e. The first kappa shape index (κ1) is 26.6. The second-order valence-corrected chi connectivity index (χ2v) is 10.9. The highest BCUT2D eigenvalue weighted by Gasteiger charge is 2.30. The molecule has 2 N–H and O–H groups in total. The molecule has 0 saturated carbocycles. The molecule has 2 amide bonds. The van der Waals surface area contributed by atoms with Crippen LogP contribution in [0.4, 0.5) is 5.69 Å². The highest BCUT2D eigenvalue weighted by Crippen LogP contribution is 2.24. The van der Waals surface area contributed by atoms with E-state index in [2.05, 4.69) is 10.6 Å². The van der Waals surface area contributed by atoms with Crippen molar-refractivity contribution in [3.63, 3.8) is 0 Å². The Morgan fingerprint density at radius 3 is 2.57 bits per heavy atom. The molecule has 1 aromatic carbocycles. The van der Waals surface area contributed by atoms with Crippen LogP contribution in [0.2, 0.25) is 0 Å². The molecule has 1 aromatic heterocycles. The molecule has 2 aliphatic heterocycles. The standard InChI is InChI=1S/C28H38N4O5/c1-19-15-20-16-21(10-11-23(20)36-19)29-24(17-26(34)37-28(2,3)4)30-22-9-5-6-14-32(27(22)35)18-25(33)31-12-7-8-13-31/h10-11,15-17,22,29-30H,5-9,12-14,18H2,1-4H3/b24-17-/t22-/m0/s1. The van der Waals surface area contributed by atoms with Gasteiger partial charge in [-0.1, -0.05) is 0 Å². The Morgan fingerprint density at radius 1 is 1.11 bits per heavy atom. The molecule has 0 radical (unpaired) electrons. The number of carbonyl (C=O) groups is 3. The zero-order chi connectivity index (χ0) is 26.6. The SMILES string of the molecule is Cc1cc2cc(N/C(=C/C(=O)OC(C)(C)C)N[C@H]3CCCCN(CC(=O)N4CCCC4)C3=O)ccc2o1. The van der Waals surface area contributed by atoms with Crippen molar-refractivity contribution in [1.29, 1.82) is 0 Å². The van der Waals surface area contributed by atoms with Gasteiger partial charge in [0.25, 0.3) is 0 Å². The van der Waals surface area contributed by atoms with E-state index in [-0.39, 0.29) is 18.4 Å². The zero-order valence-electron chi connectivity index (χ0n) is 22.3. The molecule has 9 nitrogen and oxygen atoms in total. The number of esters is 1. The van der Waals surface area contributed by atoms with E-state index in [0.29, 0.717) is 18.8 Å². The first-order valence-electron chi connectivity index (χ1n) is 13.1. The maximum Gasteiger partial charge on any atom is 0.334 e. The van der Waals surface area contributed by atoms with Crippen molar-refractivity contribution in [3.05, 3.63) is 41.9 Å². The summed E-state index contributed by atoms with van der Waals surface area (Å²) in [6.45, 7) is 9.46. The Labute approximate surface area is 218 Å². The van der Waals surface area contributed by atoms with Crippen molar-refractivity contribution in [2.24, 2.45) is 0 Å². The van der Waals surface area contributed by atoms with Gasteiger partial charge in [0.2, 0.25) is 11.8 Å². The number of furan rings is 1. The van der Waals surface area contributed by atoms with Gasteiger partial charge in [-0.2, -0.15) is 0 Å². The average Bonchev–Trinajstić information content (AvgIpc) is 3.43. The molecular formula is C28H38N4O5. The van der Waals surface area contributed by atoms with Crippen LogP contribution in [-0.4, -0.2) is 65.4 Å². The highest BCUT2D eigenvalue weighted by atomic mass is 16.6. The predicted molar refractivity (Wildman–Crippen MR) is 142 cm³/mol. The predicted octanol–water partition coefficient (Wildman–Crippen LogP) is 3.93. The summed E-state index contributed by atoms with van der Waals surface area (Å²) >= 11 is 0. The number of hydrogen-bond donors (Lipinski definition) is 2. The number of hydrogen-bond acceptors (Lipinski definition) is 7. The van der Waals surface area contributed by atoms with E-state index in [1.165, 1.54) is 6.08 Å². The van der Waals surface area contributed by atoms with Crippen molar-refractivity contribution in [2.45, 2.75) is 71.4 Å². The monoisotopic (exact) mass is 510 g/mol. The van der Waals surface area contributed by atoms with Crippen LogP contribution < -0.4 is 10.6 Å². The van der Waals surface area contributed by atoms with Gasteiger partial charge < -0.3 is 29.6 Å². The smallest absolute Gasteiger partial charge is 0.334 e. The molecule has 200 valence electrons. The van der Waals surface area contributed by atoms with Crippen LogP contribution in [0.5, 0.6) is 0 Å². The number of rotatable bonds is 7. The number of nitrogens with zero attached hydrogens (tertiary/aromatic N) is 2. The number of nitrogens with one attached hydrogen (secondary N) is 2. The van der Waals surface area contributed by atoms with Crippen LogP contribution in [0, 0.1) is 6.92 Å². The molecule has 37 heavy (non-hydrogen) atoms. The van der Waals surface area contributed by atoms with Gasteiger partial charge >= 0.3 is 5.97 Å². The highest BCUT2D eigenvalue weighted by molar-refractivity contribution is 5.89. The molecule has 2 saturated heterocycles. The minimum absolute atomic E-state index is 0.00199. The fraction of sp³-hybridized carbons (Fsp3) is 0.536. The van der Waals surface area contributed by atoms with Gasteiger partial charge in [0, 0.05) is 30.7 Å². The lowest BCUT2D eigenvalue weighted by Crippen LogP contribution is -2.49. The Hall–Kier alpha value is -3.49. The van der Waals surface area contributed by atoms with E-state index in [9.17, 15) is 14.4 Å². The Kier molecular flexibility index (Phi) is 8.10. The first-order valence-corrected chi connectivity index (χ1v) is 13.1. The third-order valence-electron chi connectivity index (χ3n) is 6.48. The topological polar surface area (TPSA) is 104 Å². The normalized spacial score (nSPS) is 19.2. The van der Waals surface area contributed by atoms with Gasteiger partial charge in [0.05, 0.1) is 12.6 Å². The van der Waals surface area contributed by atoms with E-state index in [1.54, 1.807) is 25.7 Å². The molecule has 0 spiro atoms. The second-order valence-electron chi connectivity index (χ2n) is 10.9. The summed E-state index contributed by atoms with van der Waals surface area (Å²) in [5.74, 6) is 0.507. The average molecular weight is 511 g/mol. The fourth-order valence-corrected chi connectivity index (χ4v) is 4.79. The number of anilines is 1. The van der Waals surface area contributed by atoms with Crippen LogP contribution in [0.3, 0.4) is 0 Å². The number of amides is 2. The van der Waals surface area contributed by atoms with Crippen LogP contribution in [0.1, 0.15) is 58.6 Å². The summed E-state index contributed by atoms with van der Waals surface area (Å²) in [5, 5.41) is 7.42. The van der Waals surface area contributed by atoms with E-state index >= 15 is 0 Å². The van der Waals surface area contributed by atoms with Crippen LogP contribution in [-0.2, 0) is 19.1 Å². The van der Waals surface area contributed by atoms with E-state index < -0.39 is 17.6 Å². The molecule has 3 heterocycles. The lowest BCUT2D eigenvalue weighted by Gasteiger charge is -2.28. The number of benzene rings is 1. The molecule has 0 bridgehead atoms. The lowest BCUT2D eigenvalue weighted by molar-refractivity contribution is -0.148. The van der Waals surface area contributed by atoms with Crippen LogP contribution in [0.25, 0.3) is 11.0 Å². The summed E-state index contributed by atoms with van der Waals surface area (Å²) in [4.78, 5) is 42.4. The summed E-state index contributed by atoms with van der Waals surface area (Å²) in [7, 11) is 0. The number of fused-ring (bicyclic) bond motifs is 1. The van der Waals surface area contributed by atoms with Crippen molar-refractivity contribution in [1.82, 2.24) is 15.1 Å². The Bertz CT molecular complexity index is 1170. The Balaban J connectivity index is 1.53. The summed E-state index contributed by atoms with van der Waals surface area (Å²) < 4.78 is 11.2.